The van der Waals surface area contributed by atoms with E-state index in [0.29, 0.717) is 12.0 Å². The molecular weight excluding hydrogens is 251 g/mol. The van der Waals surface area contributed by atoms with Gasteiger partial charge in [0.05, 0.1) is 17.3 Å². The van der Waals surface area contributed by atoms with Crippen molar-refractivity contribution in [3.8, 4) is 11.3 Å². The number of aromatic nitrogens is 1. The van der Waals surface area contributed by atoms with Crippen LogP contribution < -0.4 is 5.73 Å². The molecule has 0 saturated heterocycles. The van der Waals surface area contributed by atoms with E-state index in [0.717, 1.165) is 16.3 Å². The first-order chi connectivity index (χ1) is 8.60. The number of benzene rings is 1. The van der Waals surface area contributed by atoms with E-state index in [9.17, 15) is 4.39 Å². The molecule has 3 nitrogen and oxygen atoms in total. The quantitative estimate of drug-likeness (QED) is 0.891. The minimum absolute atomic E-state index is 0.0510. The topological polar surface area (TPSA) is 59.1 Å². The normalized spacial score (nSPS) is 12.7. The van der Waals surface area contributed by atoms with Gasteiger partial charge in [-0.3, -0.25) is 0 Å². The van der Waals surface area contributed by atoms with E-state index in [1.807, 2.05) is 5.38 Å². The van der Waals surface area contributed by atoms with Gasteiger partial charge < -0.3 is 10.8 Å². The zero-order valence-electron chi connectivity index (χ0n) is 10.1. The van der Waals surface area contributed by atoms with Gasteiger partial charge in [-0.25, -0.2) is 9.37 Å². The summed E-state index contributed by atoms with van der Waals surface area (Å²) in [5.41, 5.74) is 7.99. The van der Waals surface area contributed by atoms with Gasteiger partial charge in [0.25, 0.3) is 0 Å². The maximum Gasteiger partial charge on any atom is 0.126 e. The van der Waals surface area contributed by atoms with Crippen LogP contribution >= 0.6 is 11.3 Å². The van der Waals surface area contributed by atoms with Crippen molar-refractivity contribution in [3.63, 3.8) is 0 Å². The molecule has 0 saturated carbocycles. The molecule has 1 aromatic heterocycles. The van der Waals surface area contributed by atoms with Gasteiger partial charge in [-0.05, 0) is 30.7 Å². The Bertz CT molecular complexity index is 542. The summed E-state index contributed by atoms with van der Waals surface area (Å²) in [6.07, 6.45) is 0.557. The number of halogens is 1. The highest BCUT2D eigenvalue weighted by Crippen LogP contribution is 2.24. The molecule has 18 heavy (non-hydrogen) atoms. The molecular formula is C13H15FN2OS. The second-order valence-corrected chi connectivity index (χ2v) is 5.18. The molecule has 2 rings (SSSR count). The highest BCUT2D eigenvalue weighted by molar-refractivity contribution is 7.09. The number of aryl methyl sites for hydroxylation is 1. The van der Waals surface area contributed by atoms with Crippen LogP contribution in [0.2, 0.25) is 0 Å². The Morgan fingerprint density at radius 2 is 2.28 bits per heavy atom. The molecule has 1 heterocycles. The number of hydrogen-bond acceptors (Lipinski definition) is 4. The molecule has 5 heteroatoms. The van der Waals surface area contributed by atoms with Crippen LogP contribution in [-0.2, 0) is 6.42 Å². The largest absolute Gasteiger partial charge is 0.395 e. The van der Waals surface area contributed by atoms with E-state index in [-0.39, 0.29) is 18.5 Å². The average Bonchev–Trinajstić information content (AvgIpc) is 2.81. The molecule has 0 spiro atoms. The maximum atomic E-state index is 13.2. The lowest BCUT2D eigenvalue weighted by Gasteiger charge is -2.04. The molecule has 0 amide bonds. The second kappa shape index (κ2) is 5.56. The number of hydrogen-bond donors (Lipinski definition) is 2. The van der Waals surface area contributed by atoms with E-state index >= 15 is 0 Å². The van der Waals surface area contributed by atoms with Crippen molar-refractivity contribution in [2.24, 2.45) is 5.73 Å². The predicted molar refractivity (Wildman–Crippen MR) is 71.0 cm³/mol. The minimum atomic E-state index is -0.279. The van der Waals surface area contributed by atoms with Gasteiger partial charge in [-0.2, -0.15) is 0 Å². The third kappa shape index (κ3) is 2.93. The molecule has 3 N–H and O–H groups in total. The summed E-state index contributed by atoms with van der Waals surface area (Å²) in [4.78, 5) is 4.44. The molecule has 0 aliphatic heterocycles. The molecule has 1 unspecified atom stereocenters. The van der Waals surface area contributed by atoms with Crippen LogP contribution in [0.25, 0.3) is 11.3 Å². The molecule has 2 aromatic rings. The van der Waals surface area contributed by atoms with Crippen molar-refractivity contribution < 1.29 is 9.50 Å². The number of thiazole rings is 1. The van der Waals surface area contributed by atoms with Gasteiger partial charge in [0, 0.05) is 23.4 Å². The van der Waals surface area contributed by atoms with Crippen LogP contribution in [0.3, 0.4) is 0 Å². The zero-order chi connectivity index (χ0) is 13.1. The van der Waals surface area contributed by atoms with Crippen LogP contribution in [0, 0.1) is 12.7 Å². The summed E-state index contributed by atoms with van der Waals surface area (Å²) in [6, 6.07) is 4.66. The Morgan fingerprint density at radius 3 is 2.94 bits per heavy atom. The highest BCUT2D eigenvalue weighted by atomic mass is 32.1. The maximum absolute atomic E-state index is 13.2. The van der Waals surface area contributed by atoms with Gasteiger partial charge in [0.15, 0.2) is 0 Å². The molecule has 0 bridgehead atoms. The molecule has 0 aliphatic carbocycles. The van der Waals surface area contributed by atoms with Gasteiger partial charge in [0.1, 0.15) is 5.82 Å². The van der Waals surface area contributed by atoms with Crippen LogP contribution in [-0.4, -0.2) is 22.7 Å². The summed E-state index contributed by atoms with van der Waals surface area (Å²) >= 11 is 1.50. The van der Waals surface area contributed by atoms with Crippen molar-refractivity contribution >= 4 is 11.3 Å². The van der Waals surface area contributed by atoms with E-state index < -0.39 is 0 Å². The Balaban J connectivity index is 2.21. The van der Waals surface area contributed by atoms with Crippen LogP contribution in [0.1, 0.15) is 10.6 Å². The number of nitrogens with two attached hydrogens (primary N) is 1. The first kappa shape index (κ1) is 13.1. The fourth-order valence-electron chi connectivity index (χ4n) is 1.63. The number of aliphatic hydroxyl groups is 1. The van der Waals surface area contributed by atoms with E-state index in [1.165, 1.54) is 17.4 Å². The molecule has 96 valence electrons. The fourth-order valence-corrected chi connectivity index (χ4v) is 2.53. The lowest BCUT2D eigenvalue weighted by Crippen LogP contribution is -2.26. The second-order valence-electron chi connectivity index (χ2n) is 4.24. The highest BCUT2D eigenvalue weighted by Gasteiger charge is 2.09. The van der Waals surface area contributed by atoms with Crippen molar-refractivity contribution in [2.45, 2.75) is 19.4 Å². The summed E-state index contributed by atoms with van der Waals surface area (Å²) in [5, 5.41) is 11.7. The first-order valence-electron chi connectivity index (χ1n) is 5.67. The molecule has 1 atom stereocenters. The summed E-state index contributed by atoms with van der Waals surface area (Å²) in [5.74, 6) is -0.212. The van der Waals surface area contributed by atoms with Gasteiger partial charge in [0.2, 0.25) is 0 Å². The Hall–Kier alpha value is -1.30. The van der Waals surface area contributed by atoms with E-state index in [1.54, 1.807) is 19.1 Å². The number of aliphatic hydroxyl groups excluding tert-OH is 1. The van der Waals surface area contributed by atoms with Crippen LogP contribution in [0.5, 0.6) is 0 Å². The zero-order valence-corrected chi connectivity index (χ0v) is 10.9. The lowest BCUT2D eigenvalue weighted by molar-refractivity contribution is 0.265. The number of nitrogens with zero attached hydrogens (tertiary/aromatic N) is 1. The van der Waals surface area contributed by atoms with Crippen molar-refractivity contribution in [3.05, 3.63) is 40.0 Å². The molecule has 1 aromatic carbocycles. The third-order valence-electron chi connectivity index (χ3n) is 2.68. The van der Waals surface area contributed by atoms with Gasteiger partial charge in [-0.1, -0.05) is 0 Å². The van der Waals surface area contributed by atoms with E-state index in [4.69, 9.17) is 10.8 Å². The molecule has 0 radical (unpaired) electrons. The molecule has 0 aliphatic rings. The monoisotopic (exact) mass is 266 g/mol. The van der Waals surface area contributed by atoms with Crippen LogP contribution in [0.4, 0.5) is 4.39 Å². The minimum Gasteiger partial charge on any atom is -0.395 e. The SMILES string of the molecule is Cc1cc(-c2csc(CC(N)CO)n2)ccc1F. The van der Waals surface area contributed by atoms with Crippen LogP contribution in [0.15, 0.2) is 23.6 Å². The van der Waals surface area contributed by atoms with E-state index in [2.05, 4.69) is 4.98 Å². The average molecular weight is 266 g/mol. The smallest absolute Gasteiger partial charge is 0.126 e. The van der Waals surface area contributed by atoms with Gasteiger partial charge in [-0.15, -0.1) is 11.3 Å². The van der Waals surface area contributed by atoms with Crippen molar-refractivity contribution in [2.75, 3.05) is 6.61 Å². The Kier molecular flexibility index (Phi) is 4.06. The van der Waals surface area contributed by atoms with Crippen molar-refractivity contribution in [1.29, 1.82) is 0 Å². The third-order valence-corrected chi connectivity index (χ3v) is 3.55. The Labute approximate surface area is 109 Å². The first-order valence-corrected chi connectivity index (χ1v) is 6.55. The Morgan fingerprint density at radius 1 is 1.50 bits per heavy atom. The predicted octanol–water partition coefficient (Wildman–Crippen LogP) is 2.12. The fraction of sp³-hybridized carbons (Fsp3) is 0.308. The van der Waals surface area contributed by atoms with Gasteiger partial charge >= 0.3 is 0 Å². The number of rotatable bonds is 4. The van der Waals surface area contributed by atoms with Crippen molar-refractivity contribution in [1.82, 2.24) is 4.98 Å². The standard InChI is InChI=1S/C13H15FN2OS/c1-8-4-9(2-3-11(8)14)12-7-18-13(16-12)5-10(15)6-17/h2-4,7,10,17H,5-6,15H2,1H3. The summed E-state index contributed by atoms with van der Waals surface area (Å²) in [6.45, 7) is 1.68. The summed E-state index contributed by atoms with van der Waals surface area (Å²) in [7, 11) is 0. The lowest BCUT2D eigenvalue weighted by atomic mass is 10.1. The summed E-state index contributed by atoms with van der Waals surface area (Å²) < 4.78 is 13.2. The molecule has 0 fully saturated rings.